The molecule has 1 aliphatic heterocycles. The van der Waals surface area contributed by atoms with Crippen LogP contribution in [0.5, 0.6) is 5.75 Å². The third-order valence-corrected chi connectivity index (χ3v) is 4.16. The molecule has 0 unspecified atom stereocenters. The molecule has 0 aliphatic carbocycles. The second-order valence-corrected chi connectivity index (χ2v) is 5.78. The smallest absolute Gasteiger partial charge is 0.217 e. The normalized spacial score (nSPS) is 17.6. The number of amides is 1. The summed E-state index contributed by atoms with van der Waals surface area (Å²) in [5, 5.41) is 0. The third-order valence-electron chi connectivity index (χ3n) is 4.16. The van der Waals surface area contributed by atoms with Crippen molar-refractivity contribution in [3.63, 3.8) is 0 Å². The van der Waals surface area contributed by atoms with Crippen LogP contribution in [0.1, 0.15) is 37.8 Å². The van der Waals surface area contributed by atoms with Crippen LogP contribution in [0.3, 0.4) is 0 Å². The molecule has 0 spiro atoms. The van der Waals surface area contributed by atoms with Crippen molar-refractivity contribution >= 4 is 11.6 Å². The number of hydrogen-bond donors (Lipinski definition) is 2. The third kappa shape index (κ3) is 3.67. The molecule has 0 saturated carbocycles. The van der Waals surface area contributed by atoms with Crippen molar-refractivity contribution in [1.29, 1.82) is 0 Å². The summed E-state index contributed by atoms with van der Waals surface area (Å²) >= 11 is 0. The Morgan fingerprint density at radius 3 is 2.62 bits per heavy atom. The van der Waals surface area contributed by atoms with Gasteiger partial charge in [-0.1, -0.05) is 6.07 Å². The van der Waals surface area contributed by atoms with Gasteiger partial charge in [-0.15, -0.1) is 0 Å². The van der Waals surface area contributed by atoms with E-state index >= 15 is 0 Å². The number of anilines is 1. The lowest BCUT2D eigenvalue weighted by atomic mass is 9.92. The predicted octanol–water partition coefficient (Wildman–Crippen LogP) is 1.81. The summed E-state index contributed by atoms with van der Waals surface area (Å²) in [6.45, 7) is 3.82. The molecule has 1 atom stereocenters. The minimum atomic E-state index is -0.203. The molecular weight excluding hydrogens is 266 g/mol. The van der Waals surface area contributed by atoms with Gasteiger partial charge < -0.3 is 21.1 Å². The number of ether oxygens (including phenoxy) is 1. The summed E-state index contributed by atoms with van der Waals surface area (Å²) in [6.07, 6.45) is 2.46. The van der Waals surface area contributed by atoms with Crippen molar-refractivity contribution in [1.82, 2.24) is 0 Å². The van der Waals surface area contributed by atoms with Crippen molar-refractivity contribution in [3.05, 3.63) is 23.8 Å². The highest BCUT2D eigenvalue weighted by molar-refractivity contribution is 5.74. The fourth-order valence-electron chi connectivity index (χ4n) is 3.11. The zero-order chi connectivity index (χ0) is 15.4. The lowest BCUT2D eigenvalue weighted by Crippen LogP contribution is -2.36. The van der Waals surface area contributed by atoms with Crippen LogP contribution >= 0.6 is 0 Å². The number of hydrogen-bond acceptors (Lipinski definition) is 4. The van der Waals surface area contributed by atoms with Crippen LogP contribution in [-0.2, 0) is 4.79 Å². The Kier molecular flexibility index (Phi) is 5.07. The number of rotatable bonds is 5. The molecule has 1 heterocycles. The van der Waals surface area contributed by atoms with Crippen LogP contribution in [-0.4, -0.2) is 26.1 Å². The average molecular weight is 291 g/mol. The molecule has 1 saturated heterocycles. The van der Waals surface area contributed by atoms with Crippen LogP contribution in [0.15, 0.2) is 18.2 Å². The van der Waals surface area contributed by atoms with Gasteiger partial charge in [0.25, 0.3) is 0 Å². The minimum Gasteiger partial charge on any atom is -0.496 e. The van der Waals surface area contributed by atoms with E-state index in [1.807, 2.05) is 19.1 Å². The molecule has 1 aliphatic rings. The topological polar surface area (TPSA) is 81.6 Å². The van der Waals surface area contributed by atoms with Crippen LogP contribution in [0.25, 0.3) is 0 Å². The van der Waals surface area contributed by atoms with E-state index in [2.05, 4.69) is 11.0 Å². The monoisotopic (exact) mass is 291 g/mol. The van der Waals surface area contributed by atoms with E-state index < -0.39 is 0 Å². The second-order valence-electron chi connectivity index (χ2n) is 5.78. The van der Waals surface area contributed by atoms with E-state index in [1.165, 1.54) is 0 Å². The number of primary amides is 1. The largest absolute Gasteiger partial charge is 0.496 e. The SMILES string of the molecule is COc1cccc(N2CCC(CC(N)=O)CC2)c1[C@H](C)N. The first-order valence-corrected chi connectivity index (χ1v) is 7.48. The molecule has 0 bridgehead atoms. The van der Waals surface area contributed by atoms with Gasteiger partial charge in [0.1, 0.15) is 5.75 Å². The zero-order valence-corrected chi connectivity index (χ0v) is 12.8. The van der Waals surface area contributed by atoms with Crippen LogP contribution in [0.2, 0.25) is 0 Å². The van der Waals surface area contributed by atoms with Crippen molar-refractivity contribution < 1.29 is 9.53 Å². The Labute approximate surface area is 126 Å². The summed E-state index contributed by atoms with van der Waals surface area (Å²) in [5.74, 6) is 1.04. The van der Waals surface area contributed by atoms with E-state index in [4.69, 9.17) is 16.2 Å². The molecule has 4 N–H and O–H groups in total. The van der Waals surface area contributed by atoms with Crippen molar-refractivity contribution in [2.24, 2.45) is 17.4 Å². The Balaban J connectivity index is 2.15. The summed E-state index contributed by atoms with van der Waals surface area (Å²) in [5.41, 5.74) is 13.6. The summed E-state index contributed by atoms with van der Waals surface area (Å²) in [7, 11) is 1.67. The molecule has 1 aromatic rings. The number of carbonyl (C=O) groups is 1. The predicted molar refractivity (Wildman–Crippen MR) is 84.3 cm³/mol. The lowest BCUT2D eigenvalue weighted by Gasteiger charge is -2.35. The molecular formula is C16H25N3O2. The lowest BCUT2D eigenvalue weighted by molar-refractivity contribution is -0.119. The highest BCUT2D eigenvalue weighted by atomic mass is 16.5. The number of nitrogens with two attached hydrogens (primary N) is 2. The summed E-state index contributed by atoms with van der Waals surface area (Å²) in [6, 6.07) is 5.95. The molecule has 5 nitrogen and oxygen atoms in total. The minimum absolute atomic E-state index is 0.0838. The first-order valence-electron chi connectivity index (χ1n) is 7.48. The van der Waals surface area contributed by atoms with Crippen LogP contribution < -0.4 is 21.1 Å². The zero-order valence-electron chi connectivity index (χ0n) is 12.8. The Morgan fingerprint density at radius 2 is 2.10 bits per heavy atom. The fourth-order valence-corrected chi connectivity index (χ4v) is 3.11. The first-order chi connectivity index (χ1) is 10.0. The Hall–Kier alpha value is -1.75. The number of methoxy groups -OCH3 is 1. The molecule has 2 rings (SSSR count). The van der Waals surface area contributed by atoms with E-state index in [-0.39, 0.29) is 11.9 Å². The number of carbonyl (C=O) groups excluding carboxylic acids is 1. The summed E-state index contributed by atoms with van der Waals surface area (Å²) in [4.78, 5) is 13.4. The van der Waals surface area contributed by atoms with E-state index in [0.29, 0.717) is 12.3 Å². The molecule has 116 valence electrons. The molecule has 21 heavy (non-hydrogen) atoms. The van der Waals surface area contributed by atoms with Gasteiger partial charge >= 0.3 is 0 Å². The summed E-state index contributed by atoms with van der Waals surface area (Å²) < 4.78 is 5.44. The highest BCUT2D eigenvalue weighted by Crippen LogP contribution is 2.35. The molecule has 1 aromatic carbocycles. The fraction of sp³-hybridized carbons (Fsp3) is 0.562. The van der Waals surface area contributed by atoms with Gasteiger partial charge in [-0.05, 0) is 37.8 Å². The number of nitrogens with zero attached hydrogens (tertiary/aromatic N) is 1. The van der Waals surface area contributed by atoms with E-state index in [1.54, 1.807) is 7.11 Å². The Morgan fingerprint density at radius 1 is 1.43 bits per heavy atom. The number of piperidine rings is 1. The van der Waals surface area contributed by atoms with Crippen molar-refractivity contribution in [2.75, 3.05) is 25.1 Å². The highest BCUT2D eigenvalue weighted by Gasteiger charge is 2.24. The van der Waals surface area contributed by atoms with Gasteiger partial charge in [0.15, 0.2) is 0 Å². The second kappa shape index (κ2) is 6.80. The van der Waals surface area contributed by atoms with E-state index in [0.717, 1.165) is 42.9 Å². The molecule has 0 radical (unpaired) electrons. The molecule has 1 amide bonds. The van der Waals surface area contributed by atoms with Gasteiger partial charge in [0.2, 0.25) is 5.91 Å². The van der Waals surface area contributed by atoms with Gasteiger partial charge in [0.05, 0.1) is 7.11 Å². The maximum atomic E-state index is 11.0. The standard InChI is InChI=1S/C16H25N3O2/c1-11(17)16-13(4-3-5-14(16)21-2)19-8-6-12(7-9-19)10-15(18)20/h3-5,11-12H,6-10,17H2,1-2H3,(H2,18,20)/t11-/m0/s1. The molecule has 1 fully saturated rings. The van der Waals surface area contributed by atoms with E-state index in [9.17, 15) is 4.79 Å². The average Bonchev–Trinajstić information content (AvgIpc) is 2.46. The van der Waals surface area contributed by atoms with Crippen LogP contribution in [0.4, 0.5) is 5.69 Å². The van der Waals surface area contributed by atoms with Crippen LogP contribution in [0, 0.1) is 5.92 Å². The molecule has 0 aromatic heterocycles. The number of benzene rings is 1. The van der Waals surface area contributed by atoms with Gasteiger partial charge in [0, 0.05) is 36.8 Å². The first kappa shape index (κ1) is 15.6. The Bertz CT molecular complexity index is 494. The van der Waals surface area contributed by atoms with Gasteiger partial charge in [-0.3, -0.25) is 4.79 Å². The van der Waals surface area contributed by atoms with Crippen molar-refractivity contribution in [2.45, 2.75) is 32.2 Å². The quantitative estimate of drug-likeness (QED) is 0.867. The molecule has 5 heteroatoms. The maximum Gasteiger partial charge on any atom is 0.217 e. The maximum absolute atomic E-state index is 11.0. The van der Waals surface area contributed by atoms with Gasteiger partial charge in [-0.2, -0.15) is 0 Å². The van der Waals surface area contributed by atoms with Crippen molar-refractivity contribution in [3.8, 4) is 5.75 Å². The van der Waals surface area contributed by atoms with Gasteiger partial charge in [-0.25, -0.2) is 0 Å².